The van der Waals surface area contributed by atoms with E-state index in [1.807, 2.05) is 0 Å². The molecule has 0 spiro atoms. The van der Waals surface area contributed by atoms with E-state index in [9.17, 15) is 19.2 Å². The number of fused-ring (bicyclic) bond motifs is 1. The van der Waals surface area contributed by atoms with E-state index in [4.69, 9.17) is 27.9 Å². The number of carbonyl (C=O) groups excluding carboxylic acids is 4. The molecule has 3 rings (SSSR count). The summed E-state index contributed by atoms with van der Waals surface area (Å²) in [6.45, 7) is 0.701. The van der Waals surface area contributed by atoms with Crippen LogP contribution in [0.5, 0.6) is 0 Å². The molecule has 2 heterocycles. The maximum absolute atomic E-state index is 12.4. The summed E-state index contributed by atoms with van der Waals surface area (Å²) in [6.07, 6.45) is 1.29. The number of hydrogen-bond acceptors (Lipinski definition) is 6. The van der Waals surface area contributed by atoms with Crippen molar-refractivity contribution in [2.24, 2.45) is 0 Å². The van der Waals surface area contributed by atoms with Crippen LogP contribution in [0.4, 0.5) is 5.82 Å². The molecular formula is C18H13Cl2N3O5. The first-order valence-corrected chi connectivity index (χ1v) is 8.79. The van der Waals surface area contributed by atoms with E-state index in [-0.39, 0.29) is 22.0 Å². The fraction of sp³-hybridized carbons (Fsp3) is 0.167. The number of carbonyl (C=O) groups is 4. The first kappa shape index (κ1) is 19.8. The van der Waals surface area contributed by atoms with E-state index < -0.39 is 36.3 Å². The summed E-state index contributed by atoms with van der Waals surface area (Å²) < 4.78 is 4.92. The van der Waals surface area contributed by atoms with Crippen LogP contribution in [-0.4, -0.2) is 46.2 Å². The predicted octanol–water partition coefficient (Wildman–Crippen LogP) is 2.55. The molecule has 0 fully saturated rings. The highest BCUT2D eigenvalue weighted by atomic mass is 35.5. The number of nitrogens with zero attached hydrogens (tertiary/aromatic N) is 2. The van der Waals surface area contributed by atoms with Crippen LogP contribution in [0.25, 0.3) is 0 Å². The molecule has 0 unspecified atom stereocenters. The van der Waals surface area contributed by atoms with Crippen LogP contribution >= 0.6 is 23.2 Å². The number of halogens is 2. The Labute approximate surface area is 169 Å². The summed E-state index contributed by atoms with van der Waals surface area (Å²) in [5, 5.41) is 2.78. The van der Waals surface area contributed by atoms with Crippen molar-refractivity contribution in [2.75, 3.05) is 11.9 Å². The van der Waals surface area contributed by atoms with E-state index in [0.717, 1.165) is 4.90 Å². The highest BCUT2D eigenvalue weighted by Gasteiger charge is 2.41. The van der Waals surface area contributed by atoms with E-state index in [1.54, 1.807) is 12.1 Å². The van der Waals surface area contributed by atoms with Gasteiger partial charge in [0.15, 0.2) is 12.4 Å². The van der Waals surface area contributed by atoms with Crippen molar-refractivity contribution in [3.63, 3.8) is 0 Å². The van der Waals surface area contributed by atoms with Crippen LogP contribution in [0.1, 0.15) is 27.6 Å². The molecule has 1 aliphatic heterocycles. The Morgan fingerprint density at radius 1 is 1.18 bits per heavy atom. The third-order valence-corrected chi connectivity index (χ3v) is 4.46. The van der Waals surface area contributed by atoms with Gasteiger partial charge in [-0.05, 0) is 25.1 Å². The van der Waals surface area contributed by atoms with Gasteiger partial charge < -0.3 is 10.1 Å². The van der Waals surface area contributed by atoms with Crippen molar-refractivity contribution in [1.82, 2.24) is 9.88 Å². The minimum atomic E-state index is -1.20. The van der Waals surface area contributed by atoms with E-state index in [2.05, 4.69) is 10.3 Å². The van der Waals surface area contributed by atoms with E-state index in [0.29, 0.717) is 5.02 Å². The molecule has 0 saturated carbocycles. The minimum Gasteiger partial charge on any atom is -0.454 e. The summed E-state index contributed by atoms with van der Waals surface area (Å²) >= 11 is 11.6. The van der Waals surface area contributed by atoms with Gasteiger partial charge in [-0.25, -0.2) is 9.78 Å². The number of benzene rings is 1. The molecule has 2 aromatic rings. The molecule has 0 radical (unpaired) electrons. The number of anilines is 1. The number of imide groups is 1. The molecule has 1 atom stereocenters. The number of amides is 3. The van der Waals surface area contributed by atoms with Gasteiger partial charge in [-0.1, -0.05) is 35.3 Å². The lowest BCUT2D eigenvalue weighted by atomic mass is 10.1. The van der Waals surface area contributed by atoms with Crippen molar-refractivity contribution >= 4 is 52.7 Å². The van der Waals surface area contributed by atoms with Gasteiger partial charge in [0, 0.05) is 6.20 Å². The molecule has 1 aromatic carbocycles. The monoisotopic (exact) mass is 421 g/mol. The smallest absolute Gasteiger partial charge is 0.329 e. The van der Waals surface area contributed by atoms with Crippen LogP contribution in [0.2, 0.25) is 10.0 Å². The van der Waals surface area contributed by atoms with Crippen molar-refractivity contribution in [3.05, 3.63) is 57.7 Å². The van der Waals surface area contributed by atoms with Crippen LogP contribution in [0, 0.1) is 0 Å². The maximum atomic E-state index is 12.4. The zero-order valence-electron chi connectivity index (χ0n) is 14.4. The number of rotatable bonds is 5. The zero-order valence-corrected chi connectivity index (χ0v) is 16.0. The molecule has 1 aromatic heterocycles. The average Bonchev–Trinajstić information content (AvgIpc) is 2.92. The Morgan fingerprint density at radius 3 is 2.36 bits per heavy atom. The molecule has 8 nitrogen and oxygen atoms in total. The van der Waals surface area contributed by atoms with Gasteiger partial charge >= 0.3 is 5.97 Å². The Kier molecular flexibility index (Phi) is 5.62. The third kappa shape index (κ3) is 3.83. The predicted molar refractivity (Wildman–Crippen MR) is 100 cm³/mol. The average molecular weight is 422 g/mol. The molecular weight excluding hydrogens is 409 g/mol. The normalized spacial score (nSPS) is 13.9. The highest BCUT2D eigenvalue weighted by Crippen LogP contribution is 2.25. The van der Waals surface area contributed by atoms with Gasteiger partial charge in [0.25, 0.3) is 17.7 Å². The lowest BCUT2D eigenvalue weighted by Gasteiger charge is -2.20. The van der Waals surface area contributed by atoms with Crippen molar-refractivity contribution < 1.29 is 23.9 Å². The van der Waals surface area contributed by atoms with E-state index in [1.165, 1.54) is 31.3 Å². The number of esters is 1. The Morgan fingerprint density at radius 2 is 1.79 bits per heavy atom. The van der Waals surface area contributed by atoms with Crippen molar-refractivity contribution in [1.29, 1.82) is 0 Å². The quantitative estimate of drug-likeness (QED) is 0.587. The zero-order chi connectivity index (χ0) is 20.4. The fourth-order valence-corrected chi connectivity index (χ4v) is 3.02. The molecule has 144 valence electrons. The summed E-state index contributed by atoms with van der Waals surface area (Å²) in [7, 11) is 0. The maximum Gasteiger partial charge on any atom is 0.329 e. The van der Waals surface area contributed by atoms with E-state index >= 15 is 0 Å². The summed E-state index contributed by atoms with van der Waals surface area (Å²) in [6, 6.07) is 6.45. The summed E-state index contributed by atoms with van der Waals surface area (Å²) in [5.74, 6) is -2.72. The highest BCUT2D eigenvalue weighted by molar-refractivity contribution is 6.36. The number of hydrogen-bond donors (Lipinski definition) is 1. The Bertz CT molecular complexity index is 960. The van der Waals surface area contributed by atoms with Gasteiger partial charge in [0.2, 0.25) is 0 Å². The largest absolute Gasteiger partial charge is 0.454 e. The molecule has 1 aliphatic rings. The SMILES string of the molecule is C[C@@H](C(=O)OCC(=O)Nc1ncc(Cl)cc1Cl)N1C(=O)c2ccccc2C1=O. The topological polar surface area (TPSA) is 106 Å². The summed E-state index contributed by atoms with van der Waals surface area (Å²) in [5.41, 5.74) is 0.432. The van der Waals surface area contributed by atoms with Gasteiger partial charge in [-0.15, -0.1) is 0 Å². The van der Waals surface area contributed by atoms with Crippen LogP contribution in [-0.2, 0) is 14.3 Å². The van der Waals surface area contributed by atoms with Crippen LogP contribution in [0.15, 0.2) is 36.5 Å². The molecule has 0 bridgehead atoms. The first-order chi connectivity index (χ1) is 13.3. The lowest BCUT2D eigenvalue weighted by Crippen LogP contribution is -2.44. The van der Waals surface area contributed by atoms with Crippen LogP contribution < -0.4 is 5.32 Å². The molecule has 1 N–H and O–H groups in total. The van der Waals surface area contributed by atoms with Gasteiger partial charge in [-0.3, -0.25) is 19.3 Å². The second-order valence-electron chi connectivity index (χ2n) is 5.84. The molecule has 3 amide bonds. The van der Waals surface area contributed by atoms with Gasteiger partial charge in [-0.2, -0.15) is 0 Å². The minimum absolute atomic E-state index is 0.0560. The number of pyridine rings is 1. The van der Waals surface area contributed by atoms with Gasteiger partial charge in [0.1, 0.15) is 6.04 Å². The Balaban J connectivity index is 1.60. The van der Waals surface area contributed by atoms with Crippen molar-refractivity contribution in [3.8, 4) is 0 Å². The molecule has 0 aliphatic carbocycles. The molecule has 0 saturated heterocycles. The number of ether oxygens (including phenoxy) is 1. The van der Waals surface area contributed by atoms with Crippen LogP contribution in [0.3, 0.4) is 0 Å². The standard InChI is InChI=1S/C18H13Cl2N3O5/c1-9(23-16(25)11-4-2-3-5-12(11)17(23)26)18(27)28-8-14(24)22-15-13(20)6-10(19)7-21-15/h2-7,9H,8H2,1H3,(H,21,22,24)/t9-/m0/s1. The third-order valence-electron chi connectivity index (χ3n) is 3.97. The molecule has 28 heavy (non-hydrogen) atoms. The second-order valence-corrected chi connectivity index (χ2v) is 6.69. The van der Waals surface area contributed by atoms with Gasteiger partial charge in [0.05, 0.1) is 21.2 Å². The second kappa shape index (κ2) is 7.95. The fourth-order valence-electron chi connectivity index (χ4n) is 2.60. The number of nitrogens with one attached hydrogen (secondary N) is 1. The first-order valence-electron chi connectivity index (χ1n) is 8.04. The summed E-state index contributed by atoms with van der Waals surface area (Å²) in [4.78, 5) is 53.6. The molecule has 10 heteroatoms. The Hall–Kier alpha value is -2.97. The number of aromatic nitrogens is 1. The van der Waals surface area contributed by atoms with Crippen molar-refractivity contribution in [2.45, 2.75) is 13.0 Å². The lowest BCUT2D eigenvalue weighted by molar-refractivity contribution is -0.150.